The van der Waals surface area contributed by atoms with Gasteiger partial charge in [-0.2, -0.15) is 0 Å². The molecule has 0 unspecified atom stereocenters. The minimum absolute atomic E-state index is 0.0456. The highest BCUT2D eigenvalue weighted by Crippen LogP contribution is 2.19. The van der Waals surface area contributed by atoms with E-state index in [0.29, 0.717) is 12.1 Å². The first-order valence-corrected chi connectivity index (χ1v) is 5.87. The first-order valence-electron chi connectivity index (χ1n) is 5.87. The van der Waals surface area contributed by atoms with Gasteiger partial charge in [0.25, 0.3) is 5.91 Å². The van der Waals surface area contributed by atoms with Gasteiger partial charge in [-0.25, -0.2) is 4.39 Å². The van der Waals surface area contributed by atoms with Gasteiger partial charge in [0.05, 0.1) is 12.2 Å². The maximum absolute atomic E-state index is 14.1. The van der Waals surface area contributed by atoms with Crippen molar-refractivity contribution >= 4 is 18.3 Å². The molecular weight excluding hydrogens is 220 g/mol. The van der Waals surface area contributed by atoms with Crippen molar-refractivity contribution in [1.82, 2.24) is 0 Å². The average molecular weight is 235 g/mol. The Morgan fingerprint density at radius 1 is 1.59 bits per heavy atom. The number of hydrogen-bond donors (Lipinski definition) is 1. The van der Waals surface area contributed by atoms with Crippen LogP contribution in [0.1, 0.15) is 35.7 Å². The number of primary amides is 1. The Morgan fingerprint density at radius 2 is 2.35 bits per heavy atom. The van der Waals surface area contributed by atoms with Gasteiger partial charge >= 0.3 is 6.92 Å². The Labute approximate surface area is 100 Å². The molecule has 1 aromatic carbocycles. The second-order valence-electron chi connectivity index (χ2n) is 4.31. The SMILES string of the molecule is CCCCB1OCc2ccc(C(N)=O)c(F)c21. The highest BCUT2D eigenvalue weighted by atomic mass is 19.1. The van der Waals surface area contributed by atoms with E-state index in [2.05, 4.69) is 6.92 Å². The van der Waals surface area contributed by atoms with E-state index >= 15 is 0 Å². The van der Waals surface area contributed by atoms with Crippen LogP contribution in [0.5, 0.6) is 0 Å². The molecule has 0 aliphatic carbocycles. The van der Waals surface area contributed by atoms with E-state index < -0.39 is 11.7 Å². The van der Waals surface area contributed by atoms with Crippen LogP contribution >= 0.6 is 0 Å². The third-order valence-electron chi connectivity index (χ3n) is 3.12. The summed E-state index contributed by atoms with van der Waals surface area (Å²) in [5, 5.41) is 0. The predicted octanol–water partition coefficient (Wildman–Crippen LogP) is 1.45. The molecule has 0 aromatic heterocycles. The molecular formula is C12H15BFNO2. The molecule has 0 bridgehead atoms. The van der Waals surface area contributed by atoms with Crippen molar-refractivity contribution in [2.75, 3.05) is 0 Å². The second-order valence-corrected chi connectivity index (χ2v) is 4.31. The zero-order valence-electron chi connectivity index (χ0n) is 9.83. The van der Waals surface area contributed by atoms with Gasteiger partial charge in [-0.05, 0) is 23.4 Å². The van der Waals surface area contributed by atoms with E-state index in [1.807, 2.05) is 0 Å². The van der Waals surface area contributed by atoms with E-state index in [1.54, 1.807) is 6.07 Å². The molecule has 1 aliphatic rings. The van der Waals surface area contributed by atoms with Gasteiger partial charge in [0.2, 0.25) is 0 Å². The fraction of sp³-hybridized carbons (Fsp3) is 0.417. The maximum Gasteiger partial charge on any atom is 0.330 e. The smallest absolute Gasteiger partial charge is 0.330 e. The quantitative estimate of drug-likeness (QED) is 0.803. The summed E-state index contributed by atoms with van der Waals surface area (Å²) in [6, 6.07) is 3.16. The van der Waals surface area contributed by atoms with Crippen LogP contribution in [0, 0.1) is 5.82 Å². The molecule has 0 radical (unpaired) electrons. The van der Waals surface area contributed by atoms with Crippen molar-refractivity contribution in [3.8, 4) is 0 Å². The average Bonchev–Trinajstić information content (AvgIpc) is 2.70. The summed E-state index contributed by atoms with van der Waals surface area (Å²) >= 11 is 0. The van der Waals surface area contributed by atoms with Crippen LogP contribution in [0.4, 0.5) is 4.39 Å². The van der Waals surface area contributed by atoms with Crippen molar-refractivity contribution in [2.45, 2.75) is 32.7 Å². The fourth-order valence-electron chi connectivity index (χ4n) is 2.19. The van der Waals surface area contributed by atoms with Gasteiger partial charge in [-0.15, -0.1) is 0 Å². The summed E-state index contributed by atoms with van der Waals surface area (Å²) in [6.07, 6.45) is 2.79. The number of rotatable bonds is 4. The van der Waals surface area contributed by atoms with Gasteiger partial charge in [-0.3, -0.25) is 4.79 Å². The topological polar surface area (TPSA) is 52.3 Å². The molecule has 3 nitrogen and oxygen atoms in total. The Balaban J connectivity index is 2.35. The highest BCUT2D eigenvalue weighted by Gasteiger charge is 2.32. The number of amides is 1. The van der Waals surface area contributed by atoms with Crippen LogP contribution in [-0.2, 0) is 11.3 Å². The molecule has 1 aromatic rings. The summed E-state index contributed by atoms with van der Waals surface area (Å²) in [4.78, 5) is 11.1. The molecule has 2 N–H and O–H groups in total. The number of carbonyl (C=O) groups excluding carboxylic acids is 1. The number of carbonyl (C=O) groups is 1. The molecule has 1 heterocycles. The van der Waals surface area contributed by atoms with Gasteiger partial charge in [0, 0.05) is 0 Å². The third-order valence-corrected chi connectivity index (χ3v) is 3.12. The lowest BCUT2D eigenvalue weighted by Crippen LogP contribution is -2.33. The van der Waals surface area contributed by atoms with Crippen LogP contribution in [0.2, 0.25) is 6.32 Å². The molecule has 0 spiro atoms. The summed E-state index contributed by atoms with van der Waals surface area (Å²) in [5.41, 5.74) is 6.44. The van der Waals surface area contributed by atoms with Crippen LogP contribution in [-0.4, -0.2) is 12.8 Å². The maximum atomic E-state index is 14.1. The lowest BCUT2D eigenvalue weighted by molar-refractivity contribution is 0.0996. The zero-order valence-corrected chi connectivity index (χ0v) is 9.83. The van der Waals surface area contributed by atoms with E-state index in [4.69, 9.17) is 10.4 Å². The van der Waals surface area contributed by atoms with Crippen molar-refractivity contribution in [3.63, 3.8) is 0 Å². The molecule has 90 valence electrons. The highest BCUT2D eigenvalue weighted by molar-refractivity contribution is 6.69. The van der Waals surface area contributed by atoms with Gasteiger partial charge in [0.15, 0.2) is 0 Å². The van der Waals surface area contributed by atoms with Crippen molar-refractivity contribution in [2.24, 2.45) is 5.73 Å². The summed E-state index contributed by atoms with van der Waals surface area (Å²) < 4.78 is 19.7. The van der Waals surface area contributed by atoms with Crippen LogP contribution < -0.4 is 11.2 Å². The molecule has 1 aliphatic heterocycles. The Hall–Kier alpha value is -1.36. The lowest BCUT2D eigenvalue weighted by Gasteiger charge is -2.08. The summed E-state index contributed by atoms with van der Waals surface area (Å²) in [6.45, 7) is 2.26. The molecule has 1 amide bonds. The monoisotopic (exact) mass is 235 g/mol. The van der Waals surface area contributed by atoms with E-state index in [9.17, 15) is 9.18 Å². The molecule has 0 saturated heterocycles. The van der Waals surface area contributed by atoms with E-state index in [0.717, 1.165) is 24.7 Å². The van der Waals surface area contributed by atoms with Crippen LogP contribution in [0.3, 0.4) is 0 Å². The summed E-state index contributed by atoms with van der Waals surface area (Å²) in [5.74, 6) is -1.24. The Bertz CT molecular complexity index is 450. The zero-order chi connectivity index (χ0) is 12.4. The minimum Gasteiger partial charge on any atom is -0.427 e. The molecule has 0 fully saturated rings. The van der Waals surface area contributed by atoms with Crippen molar-refractivity contribution in [1.29, 1.82) is 0 Å². The van der Waals surface area contributed by atoms with Gasteiger partial charge < -0.3 is 10.4 Å². The number of nitrogens with two attached hydrogens (primary N) is 1. The Morgan fingerprint density at radius 3 is 3.00 bits per heavy atom. The van der Waals surface area contributed by atoms with E-state index in [1.165, 1.54) is 6.07 Å². The first kappa shape index (κ1) is 12.1. The predicted molar refractivity (Wildman–Crippen MR) is 64.8 cm³/mol. The third kappa shape index (κ3) is 2.20. The van der Waals surface area contributed by atoms with Crippen LogP contribution in [0.15, 0.2) is 12.1 Å². The number of halogens is 1. The van der Waals surface area contributed by atoms with Crippen molar-refractivity contribution in [3.05, 3.63) is 29.1 Å². The first-order chi connectivity index (χ1) is 8.15. The molecule has 5 heteroatoms. The Kier molecular flexibility index (Phi) is 3.47. The van der Waals surface area contributed by atoms with Crippen molar-refractivity contribution < 1.29 is 13.8 Å². The fourth-order valence-corrected chi connectivity index (χ4v) is 2.19. The molecule has 0 atom stereocenters. The van der Waals surface area contributed by atoms with E-state index in [-0.39, 0.29) is 12.5 Å². The van der Waals surface area contributed by atoms with Gasteiger partial charge in [-0.1, -0.05) is 25.8 Å². The number of hydrogen-bond acceptors (Lipinski definition) is 2. The number of fused-ring (bicyclic) bond motifs is 1. The standard InChI is InChI=1S/C12H15BFNO2/c1-2-3-6-13-10-8(7-17-13)4-5-9(11(10)14)12(15)16/h4-5H,2-3,6-7H2,1H3,(H2,15,16). The minimum atomic E-state index is -0.730. The second kappa shape index (κ2) is 4.88. The number of unbranched alkanes of at least 4 members (excludes halogenated alkanes) is 1. The number of benzene rings is 1. The molecule has 17 heavy (non-hydrogen) atoms. The molecule has 2 rings (SSSR count). The van der Waals surface area contributed by atoms with Crippen LogP contribution in [0.25, 0.3) is 0 Å². The largest absolute Gasteiger partial charge is 0.427 e. The normalized spacial score (nSPS) is 13.9. The lowest BCUT2D eigenvalue weighted by atomic mass is 9.57. The van der Waals surface area contributed by atoms with Gasteiger partial charge in [0.1, 0.15) is 5.82 Å². The molecule has 0 saturated carbocycles. The summed E-state index contributed by atoms with van der Waals surface area (Å²) in [7, 11) is 0.